The number of hydrogen-bond acceptors (Lipinski definition) is 3. The van der Waals surface area contributed by atoms with Gasteiger partial charge in [-0.2, -0.15) is 5.10 Å². The smallest absolute Gasteiger partial charge is 0.169 e. The molecule has 0 aliphatic rings. The maximum atomic E-state index is 5.18. The topological polar surface area (TPSA) is 63.8 Å². The zero-order chi connectivity index (χ0) is 7.40. The summed E-state index contributed by atoms with van der Waals surface area (Å²) in [5.41, 5.74) is 5.18. The Morgan fingerprint density at radius 2 is 2.50 bits per heavy atom. The Morgan fingerprint density at radius 3 is 3.00 bits per heavy atom. The van der Waals surface area contributed by atoms with Gasteiger partial charge in [0.2, 0.25) is 0 Å². The third kappa shape index (κ3) is 1.94. The summed E-state index contributed by atoms with van der Waals surface area (Å²) < 4.78 is 0. The molecule has 3 N–H and O–H groups in total. The third-order valence-electron chi connectivity index (χ3n) is 0.824. The van der Waals surface area contributed by atoms with Crippen molar-refractivity contribution in [3.8, 4) is 0 Å². The molecule has 0 aliphatic heterocycles. The molecule has 0 aromatic carbocycles. The van der Waals surface area contributed by atoms with E-state index in [0.29, 0.717) is 5.82 Å². The number of rotatable bonds is 1. The van der Waals surface area contributed by atoms with E-state index in [9.17, 15) is 0 Å². The Morgan fingerprint density at radius 1 is 1.70 bits per heavy atom. The van der Waals surface area contributed by atoms with E-state index in [1.165, 1.54) is 0 Å². The Balaban J connectivity index is 2.67. The number of hydrogen-bond donors (Lipinski definition) is 2. The van der Waals surface area contributed by atoms with E-state index < -0.39 is 0 Å². The standard InChI is InChI=1S/C5H6N4S/c6-5(10)8-4-2-1-3-7-9-4/h1-3H,(H3,6,8,9,10). The van der Waals surface area contributed by atoms with E-state index >= 15 is 0 Å². The third-order valence-corrected chi connectivity index (χ3v) is 0.926. The van der Waals surface area contributed by atoms with Gasteiger partial charge in [0.05, 0.1) is 0 Å². The molecule has 0 bridgehead atoms. The van der Waals surface area contributed by atoms with E-state index in [-0.39, 0.29) is 5.11 Å². The fourth-order valence-corrected chi connectivity index (χ4v) is 0.599. The van der Waals surface area contributed by atoms with Gasteiger partial charge in [-0.1, -0.05) is 0 Å². The van der Waals surface area contributed by atoms with Crippen molar-refractivity contribution in [1.29, 1.82) is 0 Å². The van der Waals surface area contributed by atoms with Gasteiger partial charge in [-0.25, -0.2) is 0 Å². The van der Waals surface area contributed by atoms with E-state index in [0.717, 1.165) is 0 Å². The average molecular weight is 154 g/mol. The van der Waals surface area contributed by atoms with Gasteiger partial charge in [0.15, 0.2) is 10.9 Å². The highest BCUT2D eigenvalue weighted by atomic mass is 32.1. The molecular formula is C5H6N4S. The molecule has 0 fully saturated rings. The summed E-state index contributed by atoms with van der Waals surface area (Å²) in [6.07, 6.45) is 1.57. The predicted molar refractivity (Wildman–Crippen MR) is 42.4 cm³/mol. The molecule has 0 aliphatic carbocycles. The first-order valence-corrected chi connectivity index (χ1v) is 3.04. The zero-order valence-electron chi connectivity index (χ0n) is 5.11. The molecule has 1 aromatic heterocycles. The largest absolute Gasteiger partial charge is 0.376 e. The van der Waals surface area contributed by atoms with Crippen molar-refractivity contribution < 1.29 is 0 Å². The summed E-state index contributed by atoms with van der Waals surface area (Å²) in [6, 6.07) is 3.47. The molecule has 0 unspecified atom stereocenters. The summed E-state index contributed by atoms with van der Waals surface area (Å²) in [6.45, 7) is 0. The van der Waals surface area contributed by atoms with Crippen LogP contribution in [0.1, 0.15) is 0 Å². The average Bonchev–Trinajstić information content (AvgIpc) is 1.88. The Bertz CT molecular complexity index is 222. The van der Waals surface area contributed by atoms with Crippen molar-refractivity contribution in [2.75, 3.05) is 5.32 Å². The summed E-state index contributed by atoms with van der Waals surface area (Å²) >= 11 is 4.58. The maximum Gasteiger partial charge on any atom is 0.169 e. The van der Waals surface area contributed by atoms with Crippen LogP contribution in [0.15, 0.2) is 18.3 Å². The van der Waals surface area contributed by atoms with Crippen LogP contribution >= 0.6 is 12.2 Å². The number of aromatic nitrogens is 2. The van der Waals surface area contributed by atoms with Gasteiger partial charge in [-0.05, 0) is 24.4 Å². The number of nitrogens with zero attached hydrogens (tertiary/aromatic N) is 2. The van der Waals surface area contributed by atoms with E-state index in [4.69, 9.17) is 5.73 Å². The minimum atomic E-state index is 0.195. The van der Waals surface area contributed by atoms with Crippen molar-refractivity contribution in [1.82, 2.24) is 10.2 Å². The van der Waals surface area contributed by atoms with Crippen molar-refractivity contribution >= 4 is 23.1 Å². The lowest BCUT2D eigenvalue weighted by Gasteiger charge is -1.98. The van der Waals surface area contributed by atoms with Crippen LogP contribution < -0.4 is 11.1 Å². The highest BCUT2D eigenvalue weighted by Gasteiger charge is 1.90. The highest BCUT2D eigenvalue weighted by molar-refractivity contribution is 7.80. The fraction of sp³-hybridized carbons (Fsp3) is 0. The first-order valence-electron chi connectivity index (χ1n) is 2.63. The Kier molecular flexibility index (Phi) is 2.11. The summed E-state index contributed by atoms with van der Waals surface area (Å²) in [5.74, 6) is 0.565. The lowest BCUT2D eigenvalue weighted by molar-refractivity contribution is 1.04. The molecule has 0 atom stereocenters. The summed E-state index contributed by atoms with van der Waals surface area (Å²) in [4.78, 5) is 0. The monoisotopic (exact) mass is 154 g/mol. The second-order valence-corrected chi connectivity index (χ2v) is 2.04. The van der Waals surface area contributed by atoms with Crippen LogP contribution in [-0.2, 0) is 0 Å². The molecule has 52 valence electrons. The van der Waals surface area contributed by atoms with E-state index in [1.807, 2.05) is 0 Å². The first kappa shape index (κ1) is 6.88. The minimum absolute atomic E-state index is 0.195. The second-order valence-electron chi connectivity index (χ2n) is 1.60. The molecular weight excluding hydrogens is 148 g/mol. The molecule has 5 heteroatoms. The Labute approximate surface area is 63.5 Å². The van der Waals surface area contributed by atoms with Gasteiger partial charge in [-0.3, -0.25) is 0 Å². The zero-order valence-corrected chi connectivity index (χ0v) is 5.93. The maximum absolute atomic E-state index is 5.18. The van der Waals surface area contributed by atoms with Crippen molar-refractivity contribution in [3.05, 3.63) is 18.3 Å². The van der Waals surface area contributed by atoms with Crippen LogP contribution in [0.5, 0.6) is 0 Å². The molecule has 0 amide bonds. The number of thiocarbonyl (C=S) groups is 1. The van der Waals surface area contributed by atoms with Crippen LogP contribution in [0.3, 0.4) is 0 Å². The van der Waals surface area contributed by atoms with Gasteiger partial charge >= 0.3 is 0 Å². The lowest BCUT2D eigenvalue weighted by Crippen LogP contribution is -2.19. The van der Waals surface area contributed by atoms with Crippen LogP contribution in [-0.4, -0.2) is 15.3 Å². The molecule has 10 heavy (non-hydrogen) atoms. The van der Waals surface area contributed by atoms with Gasteiger partial charge in [-0.15, -0.1) is 5.10 Å². The van der Waals surface area contributed by atoms with Gasteiger partial charge in [0, 0.05) is 6.20 Å². The number of nitrogens with two attached hydrogens (primary N) is 1. The van der Waals surface area contributed by atoms with Crippen molar-refractivity contribution in [2.45, 2.75) is 0 Å². The van der Waals surface area contributed by atoms with Gasteiger partial charge in [0.1, 0.15) is 0 Å². The molecule has 1 rings (SSSR count). The summed E-state index contributed by atoms with van der Waals surface area (Å²) in [5, 5.41) is 10.1. The second kappa shape index (κ2) is 3.07. The molecule has 4 nitrogen and oxygen atoms in total. The highest BCUT2D eigenvalue weighted by Crippen LogP contribution is 1.95. The molecule has 0 spiro atoms. The fourth-order valence-electron chi connectivity index (χ4n) is 0.494. The predicted octanol–water partition coefficient (Wildman–Crippen LogP) is 0.132. The van der Waals surface area contributed by atoms with Crippen molar-refractivity contribution in [2.24, 2.45) is 5.73 Å². The minimum Gasteiger partial charge on any atom is -0.376 e. The van der Waals surface area contributed by atoms with Crippen LogP contribution in [0.4, 0.5) is 5.82 Å². The van der Waals surface area contributed by atoms with Gasteiger partial charge in [0.25, 0.3) is 0 Å². The van der Waals surface area contributed by atoms with Crippen LogP contribution in [0, 0.1) is 0 Å². The molecule has 0 radical (unpaired) electrons. The molecule has 0 saturated carbocycles. The van der Waals surface area contributed by atoms with Crippen LogP contribution in [0.2, 0.25) is 0 Å². The summed E-state index contributed by atoms with van der Waals surface area (Å²) in [7, 11) is 0. The molecule has 1 aromatic rings. The van der Waals surface area contributed by atoms with Gasteiger partial charge < -0.3 is 11.1 Å². The molecule has 1 heterocycles. The number of nitrogens with one attached hydrogen (secondary N) is 1. The Hall–Kier alpha value is -1.23. The first-order chi connectivity index (χ1) is 4.79. The molecule has 0 saturated heterocycles. The SMILES string of the molecule is NC(=S)Nc1cccnn1. The van der Waals surface area contributed by atoms with Crippen LogP contribution in [0.25, 0.3) is 0 Å². The quantitative estimate of drug-likeness (QED) is 0.563. The number of anilines is 1. The van der Waals surface area contributed by atoms with Crippen molar-refractivity contribution in [3.63, 3.8) is 0 Å². The lowest BCUT2D eigenvalue weighted by atomic mass is 10.5. The van der Waals surface area contributed by atoms with E-state index in [1.54, 1.807) is 18.3 Å². The van der Waals surface area contributed by atoms with E-state index in [2.05, 4.69) is 27.7 Å². The normalized spacial score (nSPS) is 8.80.